The minimum Gasteiger partial charge on any atom is -0.458 e. The van der Waals surface area contributed by atoms with Crippen LogP contribution in [-0.2, 0) is 0 Å². The van der Waals surface area contributed by atoms with Crippen molar-refractivity contribution in [2.24, 2.45) is 0 Å². The van der Waals surface area contributed by atoms with Gasteiger partial charge in [0.1, 0.15) is 5.76 Å². The third-order valence-electron chi connectivity index (χ3n) is 1.92. The standard InChI is InChI=1S/C11H15O2/c1-3-4-5-6-10(12)11-8-7-9(2)13-11/h7-8H,1,3-6H2,2H3/q+1. The van der Waals surface area contributed by atoms with Crippen LogP contribution in [0.1, 0.15) is 42.0 Å². The average molecular weight is 179 g/mol. The van der Waals surface area contributed by atoms with E-state index in [1.165, 1.54) is 0 Å². The minimum absolute atomic E-state index is 0.0987. The number of hydrogen-bond acceptors (Lipinski definition) is 2. The highest BCUT2D eigenvalue weighted by atomic mass is 16.3. The summed E-state index contributed by atoms with van der Waals surface area (Å²) in [5, 5.41) is 0. The van der Waals surface area contributed by atoms with Crippen molar-refractivity contribution < 1.29 is 9.21 Å². The fourth-order valence-electron chi connectivity index (χ4n) is 1.17. The van der Waals surface area contributed by atoms with E-state index >= 15 is 0 Å². The van der Waals surface area contributed by atoms with Gasteiger partial charge in [0, 0.05) is 6.42 Å². The summed E-state index contributed by atoms with van der Waals surface area (Å²) < 4.78 is 5.21. The zero-order valence-electron chi connectivity index (χ0n) is 8.01. The molecule has 1 aromatic rings. The number of furan rings is 1. The molecule has 0 aliphatic heterocycles. The van der Waals surface area contributed by atoms with Crippen LogP contribution in [0.3, 0.4) is 0 Å². The third kappa shape index (κ3) is 2.98. The summed E-state index contributed by atoms with van der Waals surface area (Å²) in [6, 6.07) is 3.55. The molecule has 13 heavy (non-hydrogen) atoms. The van der Waals surface area contributed by atoms with E-state index in [4.69, 9.17) is 4.42 Å². The van der Waals surface area contributed by atoms with Gasteiger partial charge in [0.25, 0.3) is 0 Å². The number of ketones is 1. The van der Waals surface area contributed by atoms with E-state index in [1.54, 1.807) is 6.07 Å². The normalized spacial score (nSPS) is 10.2. The Labute approximate surface area is 78.9 Å². The van der Waals surface area contributed by atoms with Gasteiger partial charge >= 0.3 is 0 Å². The van der Waals surface area contributed by atoms with Gasteiger partial charge in [-0.25, -0.2) is 0 Å². The Hall–Kier alpha value is -1.18. The van der Waals surface area contributed by atoms with Gasteiger partial charge in [-0.1, -0.05) is 0 Å². The Balaban J connectivity index is 2.40. The van der Waals surface area contributed by atoms with Crippen molar-refractivity contribution in [3.05, 3.63) is 30.6 Å². The number of rotatable bonds is 5. The van der Waals surface area contributed by atoms with Crippen molar-refractivity contribution in [3.63, 3.8) is 0 Å². The topological polar surface area (TPSA) is 30.2 Å². The summed E-state index contributed by atoms with van der Waals surface area (Å²) in [4.78, 5) is 11.4. The molecule has 70 valence electrons. The van der Waals surface area contributed by atoms with Gasteiger partial charge in [-0.05, 0) is 31.9 Å². The summed E-state index contributed by atoms with van der Waals surface area (Å²) in [6.45, 7) is 5.56. The van der Waals surface area contributed by atoms with E-state index in [-0.39, 0.29) is 5.78 Å². The van der Waals surface area contributed by atoms with Crippen LogP contribution in [0.2, 0.25) is 0 Å². The van der Waals surface area contributed by atoms with Crippen LogP contribution in [0.4, 0.5) is 0 Å². The smallest absolute Gasteiger partial charge is 0.197 e. The van der Waals surface area contributed by atoms with Gasteiger partial charge < -0.3 is 4.42 Å². The summed E-state index contributed by atoms with van der Waals surface area (Å²) in [5.41, 5.74) is 0. The van der Waals surface area contributed by atoms with Crippen LogP contribution < -0.4 is 0 Å². The van der Waals surface area contributed by atoms with Crippen molar-refractivity contribution in [2.45, 2.75) is 32.6 Å². The van der Waals surface area contributed by atoms with Crippen LogP contribution in [0, 0.1) is 13.8 Å². The predicted molar refractivity (Wildman–Crippen MR) is 51.6 cm³/mol. The quantitative estimate of drug-likeness (QED) is 0.395. The molecule has 0 atom stereocenters. The number of hydrogen-bond donors (Lipinski definition) is 0. The Bertz CT molecular complexity index is 273. The Morgan fingerprint density at radius 2 is 2.23 bits per heavy atom. The van der Waals surface area contributed by atoms with Crippen LogP contribution in [0.15, 0.2) is 16.5 Å². The van der Waals surface area contributed by atoms with Crippen molar-refractivity contribution in [1.29, 1.82) is 0 Å². The molecule has 2 heteroatoms. The van der Waals surface area contributed by atoms with Gasteiger partial charge in [-0.15, -0.1) is 0 Å². The fraction of sp³-hybridized carbons (Fsp3) is 0.455. The molecule has 0 unspecified atom stereocenters. The van der Waals surface area contributed by atoms with E-state index in [1.807, 2.05) is 13.0 Å². The molecule has 0 bridgehead atoms. The first kappa shape index (κ1) is 9.90. The zero-order chi connectivity index (χ0) is 9.68. The van der Waals surface area contributed by atoms with E-state index in [9.17, 15) is 4.79 Å². The highest BCUT2D eigenvalue weighted by Gasteiger charge is 2.08. The molecule has 0 spiro atoms. The first-order chi connectivity index (χ1) is 6.24. The second-order valence-corrected chi connectivity index (χ2v) is 3.14. The van der Waals surface area contributed by atoms with E-state index in [0.29, 0.717) is 12.2 Å². The maximum Gasteiger partial charge on any atom is 0.197 e. The number of Topliss-reactive ketones (excluding diaryl/α,β-unsaturated/α-hetero) is 1. The number of aryl methyl sites for hydroxylation is 1. The molecule has 0 saturated heterocycles. The summed E-state index contributed by atoms with van der Waals surface area (Å²) in [6.07, 6.45) is 3.38. The van der Waals surface area contributed by atoms with Crippen LogP contribution in [-0.4, -0.2) is 5.78 Å². The van der Waals surface area contributed by atoms with Gasteiger partial charge in [0.15, 0.2) is 11.5 Å². The lowest BCUT2D eigenvalue weighted by Gasteiger charge is -1.94. The lowest BCUT2D eigenvalue weighted by Crippen LogP contribution is -1.96. The van der Waals surface area contributed by atoms with Gasteiger partial charge in [0.2, 0.25) is 0 Å². The van der Waals surface area contributed by atoms with Crippen molar-refractivity contribution >= 4 is 5.78 Å². The van der Waals surface area contributed by atoms with E-state index in [0.717, 1.165) is 25.0 Å². The highest BCUT2D eigenvalue weighted by Crippen LogP contribution is 2.11. The largest absolute Gasteiger partial charge is 0.458 e. The molecule has 1 rings (SSSR count). The van der Waals surface area contributed by atoms with Crippen molar-refractivity contribution in [1.82, 2.24) is 0 Å². The molecule has 2 nitrogen and oxygen atoms in total. The molecule has 0 aliphatic rings. The molecule has 0 aliphatic carbocycles. The molecule has 0 fully saturated rings. The SMILES string of the molecule is [CH2+]CCCCC(=O)c1ccc(C)o1. The third-order valence-corrected chi connectivity index (χ3v) is 1.92. The Morgan fingerprint density at radius 1 is 1.46 bits per heavy atom. The average Bonchev–Trinajstić information content (AvgIpc) is 2.52. The maximum absolute atomic E-state index is 11.4. The van der Waals surface area contributed by atoms with Crippen LogP contribution in [0.5, 0.6) is 0 Å². The Morgan fingerprint density at radius 3 is 2.77 bits per heavy atom. The van der Waals surface area contributed by atoms with E-state index < -0.39 is 0 Å². The zero-order valence-corrected chi connectivity index (χ0v) is 8.01. The maximum atomic E-state index is 11.4. The molecule has 1 heterocycles. The molecule has 0 aromatic carbocycles. The molecular formula is C11H15O2+. The molecule has 0 N–H and O–H groups in total. The summed E-state index contributed by atoms with van der Waals surface area (Å²) in [7, 11) is 0. The monoisotopic (exact) mass is 179 g/mol. The molecule has 0 saturated carbocycles. The summed E-state index contributed by atoms with van der Waals surface area (Å²) >= 11 is 0. The van der Waals surface area contributed by atoms with E-state index in [2.05, 4.69) is 6.92 Å². The lowest BCUT2D eigenvalue weighted by atomic mass is 10.1. The summed E-state index contributed by atoms with van der Waals surface area (Å²) in [5.74, 6) is 1.38. The first-order valence-corrected chi connectivity index (χ1v) is 4.63. The predicted octanol–water partition coefficient (Wildman–Crippen LogP) is 3.17. The fourth-order valence-corrected chi connectivity index (χ4v) is 1.17. The van der Waals surface area contributed by atoms with Gasteiger partial charge in [-0.2, -0.15) is 0 Å². The number of carbonyl (C=O) groups excluding carboxylic acids is 1. The lowest BCUT2D eigenvalue weighted by molar-refractivity contribution is 0.0951. The first-order valence-electron chi connectivity index (χ1n) is 4.63. The number of carbonyl (C=O) groups is 1. The minimum atomic E-state index is 0.0987. The molecular weight excluding hydrogens is 164 g/mol. The second kappa shape index (κ2) is 4.75. The van der Waals surface area contributed by atoms with Gasteiger partial charge in [0.05, 0.1) is 13.3 Å². The highest BCUT2D eigenvalue weighted by molar-refractivity contribution is 5.93. The molecule has 1 aromatic heterocycles. The van der Waals surface area contributed by atoms with Crippen LogP contribution in [0.25, 0.3) is 0 Å². The van der Waals surface area contributed by atoms with Crippen LogP contribution >= 0.6 is 0 Å². The van der Waals surface area contributed by atoms with Crippen molar-refractivity contribution in [2.75, 3.05) is 0 Å². The Kier molecular flexibility index (Phi) is 3.62. The van der Waals surface area contributed by atoms with Gasteiger partial charge in [-0.3, -0.25) is 4.79 Å². The molecule has 0 radical (unpaired) electrons. The molecule has 0 amide bonds. The van der Waals surface area contributed by atoms with Crippen molar-refractivity contribution in [3.8, 4) is 0 Å². The second-order valence-electron chi connectivity index (χ2n) is 3.14. The number of unbranched alkanes of at least 4 members (excludes halogenated alkanes) is 2.